The van der Waals surface area contributed by atoms with Gasteiger partial charge in [0.2, 0.25) is 0 Å². The number of halogens is 2. The fourth-order valence-corrected chi connectivity index (χ4v) is 1.12. The first-order valence-electron chi connectivity index (χ1n) is 3.73. The largest absolute Gasteiger partial charge is 0.520 e. The zero-order chi connectivity index (χ0) is 10.5. The van der Waals surface area contributed by atoms with Crippen LogP contribution < -0.4 is 0 Å². The van der Waals surface area contributed by atoms with Crippen LogP contribution in [0.4, 0.5) is 4.79 Å². The van der Waals surface area contributed by atoms with Gasteiger partial charge >= 0.3 is 12.0 Å². The van der Waals surface area contributed by atoms with E-state index >= 15 is 0 Å². The summed E-state index contributed by atoms with van der Waals surface area (Å²) in [5.74, 6) is -0.187. The summed E-state index contributed by atoms with van der Waals surface area (Å²) in [6.07, 6.45) is 0.0623. The maximum atomic E-state index is 10.9. The lowest BCUT2D eigenvalue weighted by Gasteiger charge is -2.17. The first-order valence-corrected chi connectivity index (χ1v) is 4.80. The van der Waals surface area contributed by atoms with Crippen molar-refractivity contribution in [2.75, 3.05) is 18.9 Å². The number of likely N-dealkylation sites (tertiary alicyclic amines) is 1. The Hall–Kier alpha value is -0.320. The lowest BCUT2D eigenvalue weighted by atomic mass is 10.4. The predicted molar refractivity (Wildman–Crippen MR) is 49.9 cm³/mol. The van der Waals surface area contributed by atoms with E-state index in [2.05, 4.69) is 0 Å². The monoisotopic (exact) mass is 228 g/mol. The van der Waals surface area contributed by atoms with Crippen LogP contribution in [-0.4, -0.2) is 40.5 Å². The minimum absolute atomic E-state index is 0.187. The van der Waals surface area contributed by atoms with Crippen molar-refractivity contribution in [2.45, 2.75) is 12.8 Å². The molecule has 1 heterocycles. The topological polar surface area (TPSA) is 54.4 Å². The molecular weight excluding hydrogens is 217 g/mol. The smallest absolute Gasteiger partial charge is 0.435 e. The molecule has 0 aliphatic carbocycles. The molecule has 0 spiro atoms. The van der Waals surface area contributed by atoms with Crippen molar-refractivity contribution in [3.05, 3.63) is 0 Å². The van der Waals surface area contributed by atoms with E-state index in [1.54, 1.807) is 0 Å². The molecule has 0 aromatic carbocycles. The van der Waals surface area contributed by atoms with Crippen LogP contribution in [0.25, 0.3) is 0 Å². The standard InChI is InChI=1S/C6H9NO3.CH2Cl2/c1-7(6(9)10)4-2-3-5(7)8;2-1-3/h2-4H2,1H3;1H2/p+1. The number of hydrogen-bond acceptors (Lipinski definition) is 2. The van der Waals surface area contributed by atoms with Crippen LogP contribution in [0.5, 0.6) is 0 Å². The van der Waals surface area contributed by atoms with Crippen LogP contribution in [-0.2, 0) is 4.79 Å². The zero-order valence-corrected chi connectivity index (χ0v) is 8.81. The van der Waals surface area contributed by atoms with Gasteiger partial charge in [-0.2, -0.15) is 9.28 Å². The number of quaternary nitrogens is 1. The van der Waals surface area contributed by atoms with Gasteiger partial charge in [-0.25, -0.2) is 4.79 Å². The SMILES string of the molecule is C[N+]1(C(=O)O)CCCC1=O.ClCCl. The molecule has 4 nitrogen and oxygen atoms in total. The highest BCUT2D eigenvalue weighted by atomic mass is 35.5. The van der Waals surface area contributed by atoms with Gasteiger partial charge in [-0.3, -0.25) is 0 Å². The summed E-state index contributed by atoms with van der Waals surface area (Å²) in [6.45, 7) is 0.439. The number of amides is 2. The number of rotatable bonds is 0. The molecule has 0 bridgehead atoms. The van der Waals surface area contributed by atoms with Gasteiger partial charge in [-0.15, -0.1) is 23.2 Å². The summed E-state index contributed by atoms with van der Waals surface area (Å²) in [5, 5.41) is 8.79. The summed E-state index contributed by atoms with van der Waals surface area (Å²) >= 11 is 9.53. The Labute approximate surface area is 86.6 Å². The molecule has 0 aromatic heterocycles. The van der Waals surface area contributed by atoms with Gasteiger partial charge in [-0.05, 0) is 0 Å². The molecule has 1 aliphatic rings. The van der Waals surface area contributed by atoms with Crippen LogP contribution in [0.15, 0.2) is 0 Å². The second kappa shape index (κ2) is 5.42. The molecular formula is C7H12Cl2NO3+. The molecule has 1 N–H and O–H groups in total. The number of imide groups is 1. The summed E-state index contributed by atoms with van der Waals surface area (Å²) in [6, 6.07) is 0. The number of nitrogens with zero attached hydrogens (tertiary/aromatic N) is 1. The van der Waals surface area contributed by atoms with Crippen LogP contribution in [0.3, 0.4) is 0 Å². The van der Waals surface area contributed by atoms with E-state index in [9.17, 15) is 9.59 Å². The minimum atomic E-state index is -1.04. The summed E-state index contributed by atoms with van der Waals surface area (Å²) in [5.41, 5.74) is 0. The molecule has 76 valence electrons. The van der Waals surface area contributed by atoms with E-state index in [1.165, 1.54) is 7.05 Å². The van der Waals surface area contributed by atoms with E-state index in [4.69, 9.17) is 28.3 Å². The molecule has 13 heavy (non-hydrogen) atoms. The summed E-state index contributed by atoms with van der Waals surface area (Å²) in [7, 11) is 1.44. The van der Waals surface area contributed by atoms with Gasteiger partial charge in [0.25, 0.3) is 0 Å². The van der Waals surface area contributed by atoms with Gasteiger partial charge in [-0.1, -0.05) is 0 Å². The molecule has 0 radical (unpaired) electrons. The molecule has 2 amide bonds. The Kier molecular flexibility index (Phi) is 5.29. The van der Waals surface area contributed by atoms with E-state index < -0.39 is 10.6 Å². The molecule has 1 atom stereocenters. The van der Waals surface area contributed by atoms with Crippen molar-refractivity contribution >= 4 is 35.2 Å². The Morgan fingerprint density at radius 1 is 1.62 bits per heavy atom. The van der Waals surface area contributed by atoms with Gasteiger partial charge in [0.05, 0.1) is 25.4 Å². The molecule has 0 aromatic rings. The molecule has 1 fully saturated rings. The van der Waals surface area contributed by atoms with Crippen LogP contribution in [0.2, 0.25) is 0 Å². The minimum Gasteiger partial charge on any atom is -0.435 e. The number of alkyl halides is 2. The summed E-state index contributed by atoms with van der Waals surface area (Å²) < 4.78 is -0.431. The number of hydrogen-bond donors (Lipinski definition) is 1. The van der Waals surface area contributed by atoms with E-state index in [0.29, 0.717) is 19.4 Å². The van der Waals surface area contributed by atoms with Gasteiger partial charge in [0.15, 0.2) is 0 Å². The fraction of sp³-hybridized carbons (Fsp3) is 0.714. The van der Waals surface area contributed by atoms with Crippen LogP contribution in [0, 0.1) is 0 Å². The van der Waals surface area contributed by atoms with Crippen molar-refractivity contribution in [2.24, 2.45) is 0 Å². The molecule has 1 unspecified atom stereocenters. The fourth-order valence-electron chi connectivity index (χ4n) is 1.12. The maximum absolute atomic E-state index is 10.9. The predicted octanol–water partition coefficient (Wildman–Crippen LogP) is 1.85. The third-order valence-electron chi connectivity index (χ3n) is 1.97. The van der Waals surface area contributed by atoms with E-state index in [-0.39, 0.29) is 11.2 Å². The second-order valence-corrected chi connectivity index (χ2v) is 3.60. The molecule has 0 saturated carbocycles. The lowest BCUT2D eigenvalue weighted by Crippen LogP contribution is -2.49. The first kappa shape index (κ1) is 12.7. The zero-order valence-electron chi connectivity index (χ0n) is 7.30. The van der Waals surface area contributed by atoms with E-state index in [0.717, 1.165) is 0 Å². The van der Waals surface area contributed by atoms with Crippen molar-refractivity contribution in [3.63, 3.8) is 0 Å². The maximum Gasteiger partial charge on any atom is 0.520 e. The number of carbonyl (C=O) groups excluding carboxylic acids is 1. The highest BCUT2D eigenvalue weighted by Crippen LogP contribution is 2.17. The molecule has 1 aliphatic heterocycles. The number of carboxylic acid groups (broad SMARTS) is 1. The average molecular weight is 229 g/mol. The summed E-state index contributed by atoms with van der Waals surface area (Å²) in [4.78, 5) is 21.4. The highest BCUT2D eigenvalue weighted by molar-refractivity contribution is 6.40. The molecule has 6 heteroatoms. The Morgan fingerprint density at radius 2 is 2.08 bits per heavy atom. The number of carbonyl (C=O) groups is 2. The van der Waals surface area contributed by atoms with Gasteiger partial charge in [0.1, 0.15) is 0 Å². The van der Waals surface area contributed by atoms with Crippen molar-refractivity contribution < 1.29 is 19.2 Å². The van der Waals surface area contributed by atoms with E-state index in [1.807, 2.05) is 0 Å². The molecule has 1 saturated heterocycles. The normalized spacial score (nSPS) is 26.5. The first-order chi connectivity index (χ1) is 5.99. The van der Waals surface area contributed by atoms with Crippen molar-refractivity contribution in [1.82, 2.24) is 0 Å². The third-order valence-corrected chi connectivity index (χ3v) is 1.97. The van der Waals surface area contributed by atoms with Gasteiger partial charge in [0, 0.05) is 6.42 Å². The molecule has 1 rings (SSSR count). The van der Waals surface area contributed by atoms with Crippen LogP contribution >= 0.6 is 23.2 Å². The van der Waals surface area contributed by atoms with Crippen LogP contribution in [0.1, 0.15) is 12.8 Å². The van der Waals surface area contributed by atoms with Gasteiger partial charge < -0.3 is 5.11 Å². The second-order valence-electron chi connectivity index (χ2n) is 2.80. The highest BCUT2D eigenvalue weighted by Gasteiger charge is 2.44. The average Bonchev–Trinajstić information content (AvgIpc) is 2.35. The quantitative estimate of drug-likeness (QED) is 0.509. The third kappa shape index (κ3) is 3.14. The Morgan fingerprint density at radius 3 is 2.23 bits per heavy atom. The van der Waals surface area contributed by atoms with Crippen molar-refractivity contribution in [1.29, 1.82) is 0 Å². The lowest BCUT2D eigenvalue weighted by molar-refractivity contribution is -0.750. The Balaban J connectivity index is 0.000000424. The van der Waals surface area contributed by atoms with Crippen molar-refractivity contribution in [3.8, 4) is 0 Å². The Bertz CT molecular complexity index is 210.